The van der Waals surface area contributed by atoms with Crippen LogP contribution in [0.3, 0.4) is 0 Å². The van der Waals surface area contributed by atoms with Gasteiger partial charge in [0.05, 0.1) is 25.9 Å². The minimum atomic E-state index is -1.18. The van der Waals surface area contributed by atoms with Gasteiger partial charge in [-0.3, -0.25) is 14.4 Å². The van der Waals surface area contributed by atoms with Gasteiger partial charge in [0.1, 0.15) is 35.2 Å². The van der Waals surface area contributed by atoms with E-state index in [9.17, 15) is 27.6 Å². The average Bonchev–Trinajstić information content (AvgIpc) is 3.11. The Balaban J connectivity index is 1.45. The summed E-state index contributed by atoms with van der Waals surface area (Å²) in [5.41, 5.74) is -1.92. The van der Waals surface area contributed by atoms with Gasteiger partial charge in [-0.25, -0.2) is 13.2 Å². The zero-order valence-corrected chi connectivity index (χ0v) is 23.4. The minimum absolute atomic E-state index is 0.00773. The maximum absolute atomic E-state index is 14.3. The Morgan fingerprint density at radius 1 is 1.12 bits per heavy atom. The molecular formula is C31H30F3N3O6. The predicted octanol–water partition coefficient (Wildman–Crippen LogP) is 3.74. The Bertz CT molecular complexity index is 1600. The molecule has 3 aromatic rings. The first-order valence-corrected chi connectivity index (χ1v) is 14.1. The molecule has 2 saturated heterocycles. The van der Waals surface area contributed by atoms with E-state index >= 15 is 0 Å². The van der Waals surface area contributed by atoms with Crippen LogP contribution in [-0.2, 0) is 22.6 Å². The fourth-order valence-corrected chi connectivity index (χ4v) is 6.09. The molecule has 12 heteroatoms. The number of hydrogen-bond acceptors (Lipinski definition) is 6. The Hall–Kier alpha value is -4.16. The lowest BCUT2D eigenvalue weighted by atomic mass is 9.88. The van der Waals surface area contributed by atoms with E-state index in [0.29, 0.717) is 38.2 Å². The molecule has 2 amide bonds. The summed E-state index contributed by atoms with van der Waals surface area (Å²) in [4.78, 5) is 42.9. The molecule has 3 aliphatic heterocycles. The SMILES string of the molecule is C[C@H]1CC[C@]2(COCCO2)[C@H]2CN1C(=O)c1c(OCc3ccccc3)c(=O)c(C(=O)NCc3c(F)cc(F)cc3F)cn12. The van der Waals surface area contributed by atoms with Gasteiger partial charge in [0, 0.05) is 43.0 Å². The van der Waals surface area contributed by atoms with Crippen LogP contribution in [0.5, 0.6) is 5.75 Å². The molecule has 0 unspecified atom stereocenters. The third kappa shape index (κ3) is 5.29. The zero-order valence-electron chi connectivity index (χ0n) is 23.4. The topological polar surface area (TPSA) is 99.1 Å². The highest BCUT2D eigenvalue weighted by Crippen LogP contribution is 2.43. The molecular weight excluding hydrogens is 567 g/mol. The van der Waals surface area contributed by atoms with Gasteiger partial charge in [0.15, 0.2) is 11.4 Å². The van der Waals surface area contributed by atoms with Gasteiger partial charge in [-0.1, -0.05) is 30.3 Å². The van der Waals surface area contributed by atoms with Crippen molar-refractivity contribution in [3.05, 3.63) is 98.7 Å². The van der Waals surface area contributed by atoms with E-state index in [-0.39, 0.29) is 42.8 Å². The van der Waals surface area contributed by atoms with Crippen LogP contribution in [0.1, 0.15) is 57.8 Å². The molecule has 43 heavy (non-hydrogen) atoms. The molecule has 1 spiro atoms. The van der Waals surface area contributed by atoms with Crippen LogP contribution in [0.25, 0.3) is 0 Å². The third-order valence-electron chi connectivity index (χ3n) is 8.45. The maximum atomic E-state index is 14.3. The number of carbonyl (C=O) groups excluding carboxylic acids is 2. The van der Waals surface area contributed by atoms with E-state index in [4.69, 9.17) is 14.2 Å². The fourth-order valence-electron chi connectivity index (χ4n) is 6.09. The summed E-state index contributed by atoms with van der Waals surface area (Å²) in [5, 5.41) is 2.36. The Morgan fingerprint density at radius 2 is 1.86 bits per heavy atom. The molecule has 3 aliphatic rings. The van der Waals surface area contributed by atoms with E-state index < -0.39 is 58.4 Å². The lowest BCUT2D eigenvalue weighted by Gasteiger charge is -2.46. The van der Waals surface area contributed by atoms with Crippen molar-refractivity contribution in [2.75, 3.05) is 26.4 Å². The Morgan fingerprint density at radius 3 is 2.56 bits per heavy atom. The van der Waals surface area contributed by atoms with E-state index in [2.05, 4.69) is 5.32 Å². The number of carbonyl (C=O) groups is 2. The standard InChI is InChI=1S/C31H30F3N3O6/c1-18-7-8-31(17-41-9-10-43-31)25-15-36(18)30(40)26-28(42-16-19-5-3-2-4-6-19)27(38)22(14-37(25)26)29(39)35-13-21-23(33)11-20(32)12-24(21)34/h2-6,11-12,14,18,25H,7-10,13,15-17H2,1H3,(H,35,39)/t18-,25+,31-/m0/s1. The number of nitrogens with zero attached hydrogens (tertiary/aromatic N) is 2. The van der Waals surface area contributed by atoms with Crippen LogP contribution in [0.4, 0.5) is 13.2 Å². The molecule has 9 nitrogen and oxygen atoms in total. The van der Waals surface area contributed by atoms with Gasteiger partial charge in [-0.15, -0.1) is 0 Å². The van der Waals surface area contributed by atoms with Gasteiger partial charge in [0.2, 0.25) is 5.43 Å². The first-order chi connectivity index (χ1) is 20.7. The number of pyridine rings is 1. The minimum Gasteiger partial charge on any atom is -0.483 e. The maximum Gasteiger partial charge on any atom is 0.274 e. The van der Waals surface area contributed by atoms with Crippen LogP contribution in [0, 0.1) is 17.5 Å². The Kier molecular flexibility index (Phi) is 7.74. The van der Waals surface area contributed by atoms with Gasteiger partial charge < -0.3 is 29.0 Å². The van der Waals surface area contributed by atoms with Crippen LogP contribution in [0.15, 0.2) is 53.5 Å². The molecule has 2 bridgehead atoms. The third-order valence-corrected chi connectivity index (χ3v) is 8.45. The molecule has 2 aromatic carbocycles. The molecule has 1 aromatic heterocycles. The molecule has 2 fully saturated rings. The molecule has 0 radical (unpaired) electrons. The first-order valence-electron chi connectivity index (χ1n) is 14.1. The molecule has 4 heterocycles. The highest BCUT2D eigenvalue weighted by Gasteiger charge is 2.52. The second-order valence-corrected chi connectivity index (χ2v) is 11.1. The largest absolute Gasteiger partial charge is 0.483 e. The average molecular weight is 598 g/mol. The highest BCUT2D eigenvalue weighted by atomic mass is 19.1. The van der Waals surface area contributed by atoms with Crippen molar-refractivity contribution in [1.82, 2.24) is 14.8 Å². The van der Waals surface area contributed by atoms with Crippen molar-refractivity contribution in [2.45, 2.75) is 50.6 Å². The number of hydrogen-bond donors (Lipinski definition) is 1. The number of fused-ring (bicyclic) bond motifs is 5. The number of rotatable bonds is 6. The molecule has 226 valence electrons. The summed E-state index contributed by atoms with van der Waals surface area (Å²) >= 11 is 0. The molecule has 1 N–H and O–H groups in total. The number of nitrogens with one attached hydrogen (secondary N) is 1. The lowest BCUT2D eigenvalue weighted by Crippen LogP contribution is -2.56. The van der Waals surface area contributed by atoms with Crippen LogP contribution in [0.2, 0.25) is 0 Å². The molecule has 6 rings (SSSR count). The number of halogens is 3. The summed E-state index contributed by atoms with van der Waals surface area (Å²) < 4.78 is 61.7. The lowest BCUT2D eigenvalue weighted by molar-refractivity contribution is -0.182. The van der Waals surface area contributed by atoms with Gasteiger partial charge >= 0.3 is 0 Å². The second kappa shape index (κ2) is 11.5. The highest BCUT2D eigenvalue weighted by molar-refractivity contribution is 5.99. The quantitative estimate of drug-likeness (QED) is 0.465. The van der Waals surface area contributed by atoms with E-state index in [1.54, 1.807) is 33.7 Å². The normalized spacial score (nSPS) is 23.1. The monoisotopic (exact) mass is 597 g/mol. The van der Waals surface area contributed by atoms with Crippen molar-refractivity contribution in [1.29, 1.82) is 0 Å². The molecule has 3 atom stereocenters. The molecule has 0 aliphatic carbocycles. The van der Waals surface area contributed by atoms with E-state index in [0.717, 1.165) is 5.56 Å². The van der Waals surface area contributed by atoms with Gasteiger partial charge in [-0.05, 0) is 25.3 Å². The van der Waals surface area contributed by atoms with Crippen molar-refractivity contribution in [3.63, 3.8) is 0 Å². The summed E-state index contributed by atoms with van der Waals surface area (Å²) in [6.45, 7) is 2.50. The smallest absolute Gasteiger partial charge is 0.274 e. The number of benzene rings is 2. The van der Waals surface area contributed by atoms with Crippen molar-refractivity contribution in [3.8, 4) is 5.75 Å². The first kappa shape index (κ1) is 28.9. The summed E-state index contributed by atoms with van der Waals surface area (Å²) in [7, 11) is 0. The summed E-state index contributed by atoms with van der Waals surface area (Å²) in [6.07, 6.45) is 2.49. The van der Waals surface area contributed by atoms with Crippen LogP contribution in [-0.4, -0.2) is 59.3 Å². The second-order valence-electron chi connectivity index (χ2n) is 11.1. The van der Waals surface area contributed by atoms with Gasteiger partial charge in [-0.2, -0.15) is 0 Å². The predicted molar refractivity (Wildman–Crippen MR) is 147 cm³/mol. The van der Waals surface area contributed by atoms with Crippen molar-refractivity contribution >= 4 is 11.8 Å². The van der Waals surface area contributed by atoms with Gasteiger partial charge in [0.25, 0.3) is 11.8 Å². The fraction of sp³-hybridized carbons (Fsp3) is 0.387. The zero-order chi connectivity index (χ0) is 30.3. The number of amides is 2. The summed E-state index contributed by atoms with van der Waals surface area (Å²) in [5.74, 6) is -5.13. The van der Waals surface area contributed by atoms with Crippen LogP contribution >= 0.6 is 0 Å². The molecule has 0 saturated carbocycles. The number of ether oxygens (including phenoxy) is 3. The van der Waals surface area contributed by atoms with Crippen molar-refractivity contribution in [2.24, 2.45) is 0 Å². The van der Waals surface area contributed by atoms with E-state index in [1.807, 2.05) is 13.0 Å². The van der Waals surface area contributed by atoms with Crippen LogP contribution < -0.4 is 15.5 Å². The number of aromatic nitrogens is 1. The summed E-state index contributed by atoms with van der Waals surface area (Å²) in [6, 6.07) is 9.34. The van der Waals surface area contributed by atoms with E-state index in [1.165, 1.54) is 6.20 Å². The Labute approximate surface area is 245 Å². The van der Waals surface area contributed by atoms with Crippen molar-refractivity contribution < 1.29 is 37.0 Å².